The Morgan fingerprint density at radius 2 is 1.88 bits per heavy atom. The average Bonchev–Trinajstić information content (AvgIpc) is 2.57. The average molecular weight is 325 g/mol. The fourth-order valence-corrected chi connectivity index (χ4v) is 1.81. The quantitative estimate of drug-likeness (QED) is 0.599. The van der Waals surface area contributed by atoms with Gasteiger partial charge in [0.2, 0.25) is 0 Å². The minimum absolute atomic E-state index is 0.909. The van der Waals surface area contributed by atoms with Gasteiger partial charge in [-0.1, -0.05) is 0 Å². The molecule has 2 nitrogen and oxygen atoms in total. The second-order valence-corrected chi connectivity index (χ2v) is 4.85. The Kier molecular flexibility index (Phi) is 3.43. The summed E-state index contributed by atoms with van der Waals surface area (Å²) in [5, 5.41) is 0. The van der Waals surface area contributed by atoms with Crippen molar-refractivity contribution in [1.82, 2.24) is 0 Å². The number of hydrogen-bond acceptors (Lipinski definition) is 2. The van der Waals surface area contributed by atoms with E-state index in [0.717, 1.165) is 22.8 Å². The van der Waals surface area contributed by atoms with Gasteiger partial charge in [-0.15, -0.1) is 0 Å². The molecule has 3 heteroatoms. The molecule has 2 aromatic rings. The van der Waals surface area contributed by atoms with E-state index in [-0.39, 0.29) is 0 Å². The van der Waals surface area contributed by atoms with Crippen molar-refractivity contribution >= 4 is 34.5 Å². The van der Waals surface area contributed by atoms with Crippen molar-refractivity contribution in [3.63, 3.8) is 0 Å². The van der Waals surface area contributed by atoms with Gasteiger partial charge in [0.1, 0.15) is 11.5 Å². The first-order valence-electron chi connectivity index (χ1n) is 5.02. The molecule has 0 unspecified atom stereocenters. The summed E-state index contributed by atoms with van der Waals surface area (Å²) in [5.74, 6) is 1.83. The number of benzene rings is 1. The van der Waals surface area contributed by atoms with Crippen molar-refractivity contribution in [2.24, 2.45) is 4.99 Å². The summed E-state index contributed by atoms with van der Waals surface area (Å²) in [7, 11) is 0. The van der Waals surface area contributed by atoms with Crippen LogP contribution in [0.2, 0.25) is 0 Å². The van der Waals surface area contributed by atoms with Crippen LogP contribution in [-0.2, 0) is 0 Å². The van der Waals surface area contributed by atoms with Gasteiger partial charge >= 0.3 is 0 Å². The van der Waals surface area contributed by atoms with Gasteiger partial charge in [0.25, 0.3) is 0 Å². The second kappa shape index (κ2) is 4.82. The van der Waals surface area contributed by atoms with E-state index >= 15 is 0 Å². The monoisotopic (exact) mass is 325 g/mol. The lowest BCUT2D eigenvalue weighted by atomic mass is 10.2. The number of furan rings is 1. The van der Waals surface area contributed by atoms with Crippen molar-refractivity contribution in [2.45, 2.75) is 13.8 Å². The molecule has 0 saturated heterocycles. The van der Waals surface area contributed by atoms with Gasteiger partial charge in [0.05, 0.1) is 5.69 Å². The molecule has 0 aliphatic rings. The van der Waals surface area contributed by atoms with E-state index in [0.29, 0.717) is 0 Å². The van der Waals surface area contributed by atoms with Crippen LogP contribution in [0.25, 0.3) is 0 Å². The van der Waals surface area contributed by atoms with Gasteiger partial charge in [0.15, 0.2) is 0 Å². The van der Waals surface area contributed by atoms with Crippen LogP contribution in [0.5, 0.6) is 0 Å². The molecular formula is C13H12INO. The molecule has 0 bridgehead atoms. The van der Waals surface area contributed by atoms with Crippen molar-refractivity contribution in [3.05, 3.63) is 51.0 Å². The van der Waals surface area contributed by atoms with Crippen LogP contribution in [0.3, 0.4) is 0 Å². The highest BCUT2D eigenvalue weighted by atomic mass is 127. The Balaban J connectivity index is 2.21. The molecule has 0 saturated carbocycles. The molecule has 0 amide bonds. The lowest BCUT2D eigenvalue weighted by Crippen LogP contribution is -1.79. The molecule has 0 spiro atoms. The zero-order valence-corrected chi connectivity index (χ0v) is 11.4. The summed E-state index contributed by atoms with van der Waals surface area (Å²) in [6.45, 7) is 3.89. The normalized spacial score (nSPS) is 11.2. The zero-order chi connectivity index (χ0) is 11.5. The van der Waals surface area contributed by atoms with Crippen molar-refractivity contribution in [3.8, 4) is 0 Å². The molecule has 0 N–H and O–H groups in total. The number of rotatable bonds is 2. The SMILES string of the molecule is Cc1cc(C=Nc2ccc(I)cc2)c(C)o1. The lowest BCUT2D eigenvalue weighted by Gasteiger charge is -1.93. The Labute approximate surface area is 109 Å². The Bertz CT molecular complexity index is 511. The highest BCUT2D eigenvalue weighted by Crippen LogP contribution is 2.16. The number of hydrogen-bond donors (Lipinski definition) is 0. The largest absolute Gasteiger partial charge is 0.466 e. The van der Waals surface area contributed by atoms with Crippen molar-refractivity contribution in [2.75, 3.05) is 0 Å². The fourth-order valence-electron chi connectivity index (χ4n) is 1.45. The summed E-state index contributed by atoms with van der Waals surface area (Å²) < 4.78 is 6.64. The maximum atomic E-state index is 5.43. The maximum absolute atomic E-state index is 5.43. The Morgan fingerprint density at radius 3 is 2.44 bits per heavy atom. The van der Waals surface area contributed by atoms with E-state index in [1.807, 2.05) is 50.4 Å². The van der Waals surface area contributed by atoms with Crippen molar-refractivity contribution in [1.29, 1.82) is 0 Å². The lowest BCUT2D eigenvalue weighted by molar-refractivity contribution is 0.504. The summed E-state index contributed by atoms with van der Waals surface area (Å²) in [5.41, 5.74) is 2.00. The number of nitrogens with zero attached hydrogens (tertiary/aromatic N) is 1. The first-order valence-corrected chi connectivity index (χ1v) is 6.10. The number of halogens is 1. The molecule has 1 aromatic heterocycles. The van der Waals surface area contributed by atoms with Crippen LogP contribution in [0.4, 0.5) is 5.69 Å². The minimum Gasteiger partial charge on any atom is -0.466 e. The standard InChI is InChI=1S/C13H12INO/c1-9-7-11(10(2)16-9)8-15-13-5-3-12(14)4-6-13/h3-8H,1-2H3. The molecule has 16 heavy (non-hydrogen) atoms. The van der Waals surface area contributed by atoms with Gasteiger partial charge in [-0.05, 0) is 66.8 Å². The van der Waals surface area contributed by atoms with E-state index < -0.39 is 0 Å². The zero-order valence-electron chi connectivity index (χ0n) is 9.20. The Hall–Kier alpha value is -1.10. The van der Waals surface area contributed by atoms with E-state index in [2.05, 4.69) is 27.6 Å². The third-order valence-corrected chi connectivity index (χ3v) is 2.98. The summed E-state index contributed by atoms with van der Waals surface area (Å²) in [4.78, 5) is 4.40. The van der Waals surface area contributed by atoms with Crippen LogP contribution < -0.4 is 0 Å². The molecule has 0 aliphatic carbocycles. The van der Waals surface area contributed by atoms with Crippen LogP contribution in [0, 0.1) is 17.4 Å². The highest BCUT2D eigenvalue weighted by Gasteiger charge is 2.00. The van der Waals surface area contributed by atoms with Gasteiger partial charge in [0, 0.05) is 15.3 Å². The molecule has 1 heterocycles. The minimum atomic E-state index is 0.909. The smallest absolute Gasteiger partial charge is 0.109 e. The molecule has 0 fully saturated rings. The molecule has 0 aliphatic heterocycles. The molecular weight excluding hydrogens is 313 g/mol. The predicted octanol–water partition coefficient (Wildman–Crippen LogP) is 4.25. The number of aliphatic imine (C=N–C) groups is 1. The van der Waals surface area contributed by atoms with Crippen LogP contribution in [0.1, 0.15) is 17.1 Å². The topological polar surface area (TPSA) is 25.5 Å². The first kappa shape index (κ1) is 11.4. The molecule has 0 atom stereocenters. The van der Waals surface area contributed by atoms with Crippen LogP contribution >= 0.6 is 22.6 Å². The van der Waals surface area contributed by atoms with Crippen LogP contribution in [-0.4, -0.2) is 6.21 Å². The fraction of sp³-hybridized carbons (Fsp3) is 0.154. The van der Waals surface area contributed by atoms with E-state index in [4.69, 9.17) is 4.42 Å². The first-order chi connectivity index (χ1) is 7.65. The summed E-state index contributed by atoms with van der Waals surface area (Å²) in [6, 6.07) is 10.1. The maximum Gasteiger partial charge on any atom is 0.109 e. The van der Waals surface area contributed by atoms with E-state index in [1.54, 1.807) is 0 Å². The third kappa shape index (κ3) is 2.72. The third-order valence-electron chi connectivity index (χ3n) is 2.26. The van der Waals surface area contributed by atoms with Gasteiger partial charge in [-0.25, -0.2) is 0 Å². The van der Waals surface area contributed by atoms with Gasteiger partial charge in [-0.3, -0.25) is 4.99 Å². The summed E-state index contributed by atoms with van der Waals surface area (Å²) >= 11 is 2.28. The Morgan fingerprint density at radius 1 is 1.19 bits per heavy atom. The molecule has 1 aromatic carbocycles. The molecule has 82 valence electrons. The summed E-state index contributed by atoms with van der Waals surface area (Å²) in [6.07, 6.45) is 1.84. The molecule has 2 rings (SSSR count). The van der Waals surface area contributed by atoms with Gasteiger partial charge in [-0.2, -0.15) is 0 Å². The van der Waals surface area contributed by atoms with Crippen molar-refractivity contribution < 1.29 is 4.42 Å². The van der Waals surface area contributed by atoms with E-state index in [1.165, 1.54) is 3.57 Å². The van der Waals surface area contributed by atoms with Gasteiger partial charge < -0.3 is 4.42 Å². The second-order valence-electron chi connectivity index (χ2n) is 3.60. The van der Waals surface area contributed by atoms with Crippen LogP contribution in [0.15, 0.2) is 39.7 Å². The number of aryl methyl sites for hydroxylation is 2. The van der Waals surface area contributed by atoms with E-state index in [9.17, 15) is 0 Å². The predicted molar refractivity (Wildman–Crippen MR) is 74.6 cm³/mol. The molecule has 0 radical (unpaired) electrons. The highest BCUT2D eigenvalue weighted by molar-refractivity contribution is 14.1.